The molecule has 1 N–H and O–H groups in total. The van der Waals surface area contributed by atoms with E-state index in [-0.39, 0.29) is 35.2 Å². The molecule has 0 saturated heterocycles. The smallest absolute Gasteiger partial charge is 0.346 e. The van der Waals surface area contributed by atoms with Crippen molar-refractivity contribution in [2.45, 2.75) is 64.7 Å². The number of pyridine rings is 1. The molecule has 1 aliphatic carbocycles. The Labute approximate surface area is 262 Å². The van der Waals surface area contributed by atoms with Gasteiger partial charge in [0.2, 0.25) is 5.91 Å². The first-order valence-electron chi connectivity index (χ1n) is 14.6. The molecule has 46 heavy (non-hydrogen) atoms. The zero-order valence-corrected chi connectivity index (χ0v) is 25.2. The summed E-state index contributed by atoms with van der Waals surface area (Å²) in [5, 5.41) is 6.40. The number of halogens is 6. The number of nitrogens with one attached hydrogen (secondary N) is 1. The maximum atomic E-state index is 14.5. The van der Waals surface area contributed by atoms with Crippen molar-refractivity contribution >= 4 is 17.3 Å². The lowest BCUT2D eigenvalue weighted by atomic mass is 9.94. The fourth-order valence-electron chi connectivity index (χ4n) is 5.18. The Kier molecular flexibility index (Phi) is 10.8. The van der Waals surface area contributed by atoms with Crippen molar-refractivity contribution in [1.82, 2.24) is 20.1 Å². The number of hydrogen-bond donors (Lipinski definition) is 1. The highest BCUT2D eigenvalue weighted by Crippen LogP contribution is 2.38. The number of ketones is 1. The summed E-state index contributed by atoms with van der Waals surface area (Å²) in [7, 11) is 0. The lowest BCUT2D eigenvalue weighted by molar-refractivity contribution is -0.142. The normalized spacial score (nSPS) is 14.7. The maximum Gasteiger partial charge on any atom is 0.435 e. The maximum absolute atomic E-state index is 14.5. The van der Waals surface area contributed by atoms with Gasteiger partial charge in [0, 0.05) is 29.6 Å². The second kappa shape index (κ2) is 14.6. The number of Topliss-reactive ketones (excluding diaryl/α,β-unsaturated/α-hetero) is 1. The van der Waals surface area contributed by atoms with E-state index >= 15 is 0 Å². The number of benzene rings is 1. The Morgan fingerprint density at radius 1 is 1.15 bits per heavy atom. The van der Waals surface area contributed by atoms with E-state index < -0.39 is 53.6 Å². The Morgan fingerprint density at radius 3 is 2.57 bits per heavy atom. The van der Waals surface area contributed by atoms with Crippen molar-refractivity contribution in [1.29, 1.82) is 0 Å². The third-order valence-electron chi connectivity index (χ3n) is 7.32. The molecule has 0 spiro atoms. The first-order chi connectivity index (χ1) is 21.8. The van der Waals surface area contributed by atoms with Gasteiger partial charge in [-0.15, -0.1) is 0 Å². The van der Waals surface area contributed by atoms with Crippen LogP contribution in [0.2, 0.25) is 0 Å². The van der Waals surface area contributed by atoms with Crippen LogP contribution in [0.15, 0.2) is 84.8 Å². The lowest BCUT2D eigenvalue weighted by Gasteiger charge is -2.22. The van der Waals surface area contributed by atoms with Gasteiger partial charge >= 0.3 is 6.18 Å². The first kappa shape index (κ1) is 34.1. The number of carbonyl (C=O) groups excluding carboxylic acids is 2. The Morgan fingerprint density at radius 2 is 1.91 bits per heavy atom. The van der Waals surface area contributed by atoms with Crippen LogP contribution in [-0.2, 0) is 17.5 Å². The fourth-order valence-corrected chi connectivity index (χ4v) is 5.18. The highest BCUT2D eigenvalue weighted by atomic mass is 19.4. The second-order valence-corrected chi connectivity index (χ2v) is 10.9. The number of hydrogen-bond acceptors (Lipinski definition) is 4. The molecule has 0 radical (unpaired) electrons. The van der Waals surface area contributed by atoms with Crippen molar-refractivity contribution in [2.75, 3.05) is 0 Å². The van der Waals surface area contributed by atoms with E-state index in [9.17, 15) is 35.9 Å². The van der Waals surface area contributed by atoms with Crippen LogP contribution in [0.3, 0.4) is 0 Å². The molecule has 2 aromatic heterocycles. The zero-order chi connectivity index (χ0) is 33.6. The van der Waals surface area contributed by atoms with Gasteiger partial charge in [0.1, 0.15) is 24.0 Å². The van der Waals surface area contributed by atoms with Gasteiger partial charge in [0.05, 0.1) is 17.3 Å². The number of alkyl halides is 3. The molecule has 0 saturated carbocycles. The van der Waals surface area contributed by atoms with E-state index in [1.165, 1.54) is 38.4 Å². The van der Waals surface area contributed by atoms with Crippen LogP contribution in [0, 0.1) is 5.82 Å². The van der Waals surface area contributed by atoms with Crippen LogP contribution in [-0.4, -0.2) is 26.5 Å². The van der Waals surface area contributed by atoms with E-state index in [0.717, 1.165) is 16.8 Å². The summed E-state index contributed by atoms with van der Waals surface area (Å²) in [6, 6.07) is 6.07. The number of amides is 1. The molecule has 12 heteroatoms. The van der Waals surface area contributed by atoms with Crippen LogP contribution in [0.1, 0.15) is 79.3 Å². The van der Waals surface area contributed by atoms with Crippen LogP contribution >= 0.6 is 0 Å². The summed E-state index contributed by atoms with van der Waals surface area (Å²) in [5.74, 6) is -3.58. The average molecular weight is 643 g/mol. The largest absolute Gasteiger partial charge is 0.435 e. The minimum atomic E-state index is -4.74. The van der Waals surface area contributed by atoms with Crippen LogP contribution in [0.25, 0.3) is 16.7 Å². The number of nitrogens with zero attached hydrogens (tertiary/aromatic N) is 3. The van der Waals surface area contributed by atoms with Crippen LogP contribution in [0.5, 0.6) is 0 Å². The summed E-state index contributed by atoms with van der Waals surface area (Å²) < 4.78 is 84.8. The fraction of sp³-hybridized carbons (Fsp3) is 0.294. The van der Waals surface area contributed by atoms with E-state index in [2.05, 4.69) is 22.0 Å². The second-order valence-electron chi connectivity index (χ2n) is 10.9. The topological polar surface area (TPSA) is 76.9 Å². The van der Waals surface area contributed by atoms with Gasteiger partial charge in [-0.05, 0) is 80.0 Å². The molecule has 1 atom stereocenters. The third kappa shape index (κ3) is 8.49. The highest BCUT2D eigenvalue weighted by Gasteiger charge is 2.38. The molecular weight excluding hydrogens is 610 g/mol. The minimum Gasteiger partial charge on any atom is -0.346 e. The molecule has 4 rings (SSSR count). The van der Waals surface area contributed by atoms with Crippen molar-refractivity contribution < 1.29 is 35.9 Å². The zero-order valence-electron chi connectivity index (χ0n) is 25.2. The summed E-state index contributed by atoms with van der Waals surface area (Å²) in [6.07, 6.45) is 2.97. The summed E-state index contributed by atoms with van der Waals surface area (Å²) in [4.78, 5) is 29.8. The van der Waals surface area contributed by atoms with E-state index in [0.29, 0.717) is 42.0 Å². The molecule has 0 bridgehead atoms. The SMILES string of the molecule is C=C(C=C(F)C=C(F)CC)CC(NC(=O)Cn1cc(C2=CCCC2)c(C(F)(F)F)n1)c1ncccc1-c1ccc(F)c(C(C)=O)c1. The molecule has 1 amide bonds. The quantitative estimate of drug-likeness (QED) is 0.122. The summed E-state index contributed by atoms with van der Waals surface area (Å²) >= 11 is 0. The molecule has 1 unspecified atom stereocenters. The third-order valence-corrected chi connectivity index (χ3v) is 7.32. The molecule has 0 fully saturated rings. The predicted octanol–water partition coefficient (Wildman–Crippen LogP) is 8.79. The van der Waals surface area contributed by atoms with E-state index in [1.807, 2.05) is 0 Å². The Hall–Kier alpha value is -4.74. The molecule has 1 aliphatic rings. The van der Waals surface area contributed by atoms with Crippen LogP contribution in [0.4, 0.5) is 26.3 Å². The molecule has 6 nitrogen and oxygen atoms in total. The van der Waals surface area contributed by atoms with Crippen molar-refractivity contribution in [3.05, 3.63) is 113 Å². The number of rotatable bonds is 12. The molecule has 242 valence electrons. The van der Waals surface area contributed by atoms with Gasteiger partial charge in [0.15, 0.2) is 11.5 Å². The van der Waals surface area contributed by atoms with Crippen molar-refractivity contribution in [2.24, 2.45) is 0 Å². The minimum absolute atomic E-state index is 0.0217. The average Bonchev–Trinajstić information content (AvgIpc) is 3.67. The van der Waals surface area contributed by atoms with Crippen molar-refractivity contribution in [3.8, 4) is 11.1 Å². The summed E-state index contributed by atoms with van der Waals surface area (Å²) in [5.41, 5.74) is 0.338. The number of carbonyl (C=O) groups is 2. The monoisotopic (exact) mass is 642 g/mol. The first-order valence-corrected chi connectivity index (χ1v) is 14.6. The van der Waals surface area contributed by atoms with Gasteiger partial charge in [0.25, 0.3) is 0 Å². The molecule has 1 aromatic carbocycles. The predicted molar refractivity (Wildman–Crippen MR) is 162 cm³/mol. The molecular formula is C34H32F6N4O2. The summed E-state index contributed by atoms with van der Waals surface area (Å²) in [6.45, 7) is 5.98. The standard InChI is InChI=1S/C34H32F6N4O2/c1-4-24(35)17-25(36)14-20(2)15-30(32-26(10-7-13-41-32)23-11-12-29(37)27(16-23)21(3)45)42-31(46)19-44-18-28(22-8-5-6-9-22)33(43-44)34(38,39)40/h7-8,10-14,16-18,30H,2,4-6,9,15,19H2,1,3H3,(H,42,46). The number of allylic oxidation sites excluding steroid dienone is 6. The van der Waals surface area contributed by atoms with Gasteiger partial charge in [-0.3, -0.25) is 19.3 Å². The van der Waals surface area contributed by atoms with Gasteiger partial charge in [-0.25, -0.2) is 13.2 Å². The van der Waals surface area contributed by atoms with Gasteiger partial charge < -0.3 is 5.32 Å². The van der Waals surface area contributed by atoms with Crippen LogP contribution < -0.4 is 5.32 Å². The highest BCUT2D eigenvalue weighted by molar-refractivity contribution is 5.95. The van der Waals surface area contributed by atoms with Gasteiger partial charge in [-0.2, -0.15) is 18.3 Å². The van der Waals surface area contributed by atoms with Crippen molar-refractivity contribution in [3.63, 3.8) is 0 Å². The van der Waals surface area contributed by atoms with Gasteiger partial charge in [-0.1, -0.05) is 31.7 Å². The number of aromatic nitrogens is 3. The van der Waals surface area contributed by atoms with E-state index in [1.54, 1.807) is 18.2 Å². The Balaban J connectivity index is 1.70. The lowest BCUT2D eigenvalue weighted by Crippen LogP contribution is -2.33. The molecule has 0 aliphatic heterocycles. The van der Waals surface area contributed by atoms with E-state index in [4.69, 9.17) is 0 Å². The molecule has 2 heterocycles. The Bertz CT molecular complexity index is 1740. The molecule has 3 aromatic rings.